The van der Waals surface area contributed by atoms with Crippen LogP contribution in [0.5, 0.6) is 5.75 Å². The first-order valence-corrected chi connectivity index (χ1v) is 10.5. The van der Waals surface area contributed by atoms with E-state index in [4.69, 9.17) is 32.3 Å². The summed E-state index contributed by atoms with van der Waals surface area (Å²) in [5.41, 5.74) is 2.05. The van der Waals surface area contributed by atoms with Crippen LogP contribution >= 0.6 is 35.1 Å². The minimum absolute atomic E-state index is 0.0424. The third kappa shape index (κ3) is 4.41. The van der Waals surface area contributed by atoms with Gasteiger partial charge in [-0.2, -0.15) is 0 Å². The van der Waals surface area contributed by atoms with E-state index < -0.39 is 0 Å². The fourth-order valence-corrected chi connectivity index (χ4v) is 4.57. The second-order valence-corrected chi connectivity index (χ2v) is 10.4. The molecule has 0 amide bonds. The molecule has 1 heterocycles. The number of piperidine rings is 2. The zero-order valence-electron chi connectivity index (χ0n) is 15.5. The first kappa shape index (κ1) is 20.1. The maximum Gasteiger partial charge on any atom is 0.130 e. The predicted octanol–water partition coefficient (Wildman–Crippen LogP) is 5.65. The molecule has 2 aliphatic rings. The number of hydrogen-bond donors (Lipinski definition) is 1. The molecule has 0 radical (unpaired) electrons. The van der Waals surface area contributed by atoms with Crippen molar-refractivity contribution < 1.29 is 4.74 Å². The number of halogens is 2. The summed E-state index contributed by atoms with van der Waals surface area (Å²) in [4.78, 5) is 0. The molecule has 1 saturated heterocycles. The van der Waals surface area contributed by atoms with Crippen LogP contribution in [0.25, 0.3) is 0 Å². The number of rotatable bonds is 6. The van der Waals surface area contributed by atoms with Crippen LogP contribution in [0, 0.1) is 17.8 Å². The molecule has 26 heavy (non-hydrogen) atoms. The van der Waals surface area contributed by atoms with E-state index in [0.29, 0.717) is 34.4 Å². The Hall–Kier alpha value is -0.680. The van der Waals surface area contributed by atoms with Crippen molar-refractivity contribution in [1.82, 2.24) is 5.32 Å². The number of benzene rings is 1. The van der Waals surface area contributed by atoms with E-state index in [1.807, 2.05) is 6.07 Å². The fourth-order valence-electron chi connectivity index (χ4n) is 3.66. The van der Waals surface area contributed by atoms with E-state index >= 15 is 0 Å². The van der Waals surface area contributed by atoms with Crippen molar-refractivity contribution in [1.29, 1.82) is 0 Å². The monoisotopic (exact) mass is 412 g/mol. The van der Waals surface area contributed by atoms with E-state index in [-0.39, 0.29) is 4.75 Å². The molecule has 1 N–H and O–H groups in total. The Bertz CT molecular complexity index is 700. The smallest absolute Gasteiger partial charge is 0.130 e. The first-order valence-electron chi connectivity index (χ1n) is 9.00. The van der Waals surface area contributed by atoms with Crippen molar-refractivity contribution in [3.63, 3.8) is 0 Å². The molecule has 2 unspecified atom stereocenters. The zero-order chi connectivity index (χ0) is 18.9. The topological polar surface area (TPSA) is 33.6 Å². The van der Waals surface area contributed by atoms with E-state index in [1.165, 1.54) is 6.42 Å². The minimum Gasteiger partial charge on any atom is -0.489 e. The number of fused-ring (bicyclic) bond motifs is 2. The fraction of sp³-hybridized carbons (Fsp3) is 0.550. The van der Waals surface area contributed by atoms with Crippen molar-refractivity contribution >= 4 is 40.9 Å². The summed E-state index contributed by atoms with van der Waals surface area (Å²) in [5.74, 6) is 2.41. The van der Waals surface area contributed by atoms with E-state index in [1.54, 1.807) is 24.1 Å². The summed E-state index contributed by atoms with van der Waals surface area (Å²) in [6, 6.07) is 3.71. The van der Waals surface area contributed by atoms with Gasteiger partial charge in [0.1, 0.15) is 12.4 Å². The normalized spacial score (nSPS) is 25.6. The Morgan fingerprint density at radius 1 is 1.31 bits per heavy atom. The van der Waals surface area contributed by atoms with Gasteiger partial charge >= 0.3 is 0 Å². The summed E-state index contributed by atoms with van der Waals surface area (Å²) in [5, 5.41) is 4.53. The molecule has 0 aromatic heterocycles. The molecular formula is C20H26Cl2N2OS. The second kappa shape index (κ2) is 8.14. The van der Waals surface area contributed by atoms with Crippen LogP contribution in [0.3, 0.4) is 0 Å². The molecule has 1 saturated carbocycles. The SMILES string of the molecule is C=CCOc1cc(Cl)c(Cl)cc1/C(=N/SC(C)(C)C)C1C2CNCC1C2. The van der Waals surface area contributed by atoms with Gasteiger partial charge in [-0.25, -0.2) is 4.40 Å². The van der Waals surface area contributed by atoms with Crippen LogP contribution in [0.15, 0.2) is 29.2 Å². The molecule has 0 spiro atoms. The van der Waals surface area contributed by atoms with Gasteiger partial charge in [0, 0.05) is 22.3 Å². The van der Waals surface area contributed by atoms with Crippen LogP contribution in [-0.4, -0.2) is 30.2 Å². The number of nitrogens with one attached hydrogen (secondary N) is 1. The highest BCUT2D eigenvalue weighted by atomic mass is 35.5. The molecule has 6 heteroatoms. The summed E-state index contributed by atoms with van der Waals surface area (Å²) in [6.45, 7) is 12.8. The molecular weight excluding hydrogens is 387 g/mol. The number of ether oxygens (including phenoxy) is 1. The standard InChI is InChI=1S/C20H26Cl2N2OS/c1-5-6-25-17-9-16(22)15(21)8-14(17)19(24-26-20(2,3)4)18-12-7-13(18)11-23-10-12/h5,8-9,12-13,18,23H,1,6-7,10-11H2,2-4H3/b24-19-. The Labute approximate surface area is 170 Å². The number of nitrogens with zero attached hydrogens (tertiary/aromatic N) is 1. The Morgan fingerprint density at radius 3 is 2.54 bits per heavy atom. The van der Waals surface area contributed by atoms with Crippen molar-refractivity contribution in [2.45, 2.75) is 31.9 Å². The highest BCUT2D eigenvalue weighted by Crippen LogP contribution is 2.47. The van der Waals surface area contributed by atoms with Gasteiger partial charge in [0.2, 0.25) is 0 Å². The molecule has 142 valence electrons. The van der Waals surface area contributed by atoms with Crippen molar-refractivity contribution in [3.05, 3.63) is 40.4 Å². The quantitative estimate of drug-likeness (QED) is 0.372. The lowest BCUT2D eigenvalue weighted by atomic mass is 9.59. The third-order valence-corrected chi connectivity index (χ3v) is 6.38. The van der Waals surface area contributed by atoms with E-state index in [9.17, 15) is 0 Å². The predicted molar refractivity (Wildman–Crippen MR) is 114 cm³/mol. The lowest BCUT2D eigenvalue weighted by molar-refractivity contribution is 0.0829. The first-order chi connectivity index (χ1) is 12.3. The molecule has 1 aliphatic carbocycles. The van der Waals surface area contributed by atoms with Crippen LogP contribution < -0.4 is 10.1 Å². The van der Waals surface area contributed by atoms with Crippen molar-refractivity contribution in [3.8, 4) is 5.75 Å². The summed E-state index contributed by atoms with van der Waals surface area (Å²) >= 11 is 14.2. The molecule has 1 aromatic carbocycles. The van der Waals surface area contributed by atoms with Crippen LogP contribution in [-0.2, 0) is 0 Å². The van der Waals surface area contributed by atoms with Gasteiger partial charge < -0.3 is 10.1 Å². The molecule has 1 aromatic rings. The second-order valence-electron chi connectivity index (χ2n) is 7.98. The van der Waals surface area contributed by atoms with Crippen molar-refractivity contribution in [2.24, 2.45) is 22.2 Å². The van der Waals surface area contributed by atoms with Gasteiger partial charge in [0.25, 0.3) is 0 Å². The van der Waals surface area contributed by atoms with Gasteiger partial charge in [0.05, 0.1) is 15.8 Å². The molecule has 3 nitrogen and oxygen atoms in total. The lowest BCUT2D eigenvalue weighted by Crippen LogP contribution is -2.56. The minimum atomic E-state index is 0.0424. The highest BCUT2D eigenvalue weighted by Gasteiger charge is 2.47. The average Bonchev–Trinajstić information content (AvgIpc) is 2.59. The van der Waals surface area contributed by atoms with E-state index in [0.717, 1.165) is 30.1 Å². The Balaban J connectivity index is 2.03. The zero-order valence-corrected chi connectivity index (χ0v) is 17.8. The summed E-state index contributed by atoms with van der Waals surface area (Å²) in [6.07, 6.45) is 3.00. The van der Waals surface area contributed by atoms with Gasteiger partial charge in [-0.15, -0.1) is 0 Å². The molecule has 3 rings (SSSR count). The van der Waals surface area contributed by atoms with E-state index in [2.05, 4.69) is 32.7 Å². The van der Waals surface area contributed by atoms with Crippen molar-refractivity contribution in [2.75, 3.05) is 19.7 Å². The van der Waals surface area contributed by atoms with Crippen LogP contribution in [0.1, 0.15) is 32.8 Å². The van der Waals surface area contributed by atoms with Gasteiger partial charge in [-0.05, 0) is 70.1 Å². The third-order valence-electron chi connectivity index (χ3n) is 4.82. The average molecular weight is 413 g/mol. The van der Waals surface area contributed by atoms with Crippen LogP contribution in [0.4, 0.5) is 0 Å². The maximum atomic E-state index is 6.36. The Kier molecular flexibility index (Phi) is 6.28. The van der Waals surface area contributed by atoms with Gasteiger partial charge in [0.15, 0.2) is 0 Å². The summed E-state index contributed by atoms with van der Waals surface area (Å²) < 4.78 is 11.0. The molecule has 1 aliphatic heterocycles. The highest BCUT2D eigenvalue weighted by molar-refractivity contribution is 7.99. The number of hydrogen-bond acceptors (Lipinski definition) is 4. The Morgan fingerprint density at radius 2 is 1.96 bits per heavy atom. The van der Waals surface area contributed by atoms with Gasteiger partial charge in [-0.3, -0.25) is 0 Å². The van der Waals surface area contributed by atoms with Crippen LogP contribution in [0.2, 0.25) is 10.0 Å². The maximum absolute atomic E-state index is 6.36. The van der Waals surface area contributed by atoms with Gasteiger partial charge in [-0.1, -0.05) is 35.9 Å². The molecule has 2 bridgehead atoms. The molecule has 2 atom stereocenters. The molecule has 2 fully saturated rings. The lowest BCUT2D eigenvalue weighted by Gasteiger charge is -2.50. The summed E-state index contributed by atoms with van der Waals surface area (Å²) in [7, 11) is 0. The largest absolute Gasteiger partial charge is 0.489 e.